The van der Waals surface area contributed by atoms with E-state index in [1.165, 1.54) is 20.4 Å². The van der Waals surface area contributed by atoms with Crippen LogP contribution in [0.1, 0.15) is 0 Å². The van der Waals surface area contributed by atoms with Crippen molar-refractivity contribution in [1.29, 1.82) is 0 Å². The van der Waals surface area contributed by atoms with Crippen LogP contribution in [0, 0.1) is 0 Å². The predicted octanol–water partition coefficient (Wildman–Crippen LogP) is 0.775. The van der Waals surface area contributed by atoms with Gasteiger partial charge in [0.05, 0.1) is 5.69 Å². The second-order valence-electron chi connectivity index (χ2n) is 2.28. The van der Waals surface area contributed by atoms with E-state index < -0.39 is 7.60 Å². The molecule has 0 fully saturated rings. The van der Waals surface area contributed by atoms with Gasteiger partial charge in [-0.15, -0.1) is 0 Å². The van der Waals surface area contributed by atoms with Gasteiger partial charge in [-0.3, -0.25) is 4.57 Å². The molecule has 0 radical (unpaired) electrons. The second kappa shape index (κ2) is 3.87. The van der Waals surface area contributed by atoms with Gasteiger partial charge in [0.1, 0.15) is 0 Å². The summed E-state index contributed by atoms with van der Waals surface area (Å²) >= 11 is 0. The number of nitrogens with zero attached hydrogens (tertiary/aromatic N) is 1. The average Bonchev–Trinajstić information content (AvgIpc) is 2.17. The van der Waals surface area contributed by atoms with Crippen LogP contribution in [-0.4, -0.2) is 19.2 Å². The topological polar surface area (TPSA) is 74.4 Å². The summed E-state index contributed by atoms with van der Waals surface area (Å²) in [5.41, 5.74) is 6.02. The standard InChI is InChI=1S/C7H11N2O3P/c1-11-13(10,12-2)7-6(8)4-3-5-9-7/h3-5H,8H2,1-2H3. The predicted molar refractivity (Wildman–Crippen MR) is 49.9 cm³/mol. The second-order valence-corrected chi connectivity index (χ2v) is 4.43. The fraction of sp³-hybridized carbons (Fsp3) is 0.286. The Morgan fingerprint density at radius 3 is 2.54 bits per heavy atom. The smallest absolute Gasteiger partial charge is 0.381 e. The van der Waals surface area contributed by atoms with Crippen molar-refractivity contribution in [1.82, 2.24) is 4.98 Å². The van der Waals surface area contributed by atoms with Crippen LogP contribution in [0.15, 0.2) is 18.3 Å². The number of nitrogen functional groups attached to an aromatic ring is 1. The maximum Gasteiger partial charge on any atom is 0.381 e. The normalized spacial score (nSPS) is 11.5. The third kappa shape index (κ3) is 1.88. The van der Waals surface area contributed by atoms with Crippen molar-refractivity contribution in [3.63, 3.8) is 0 Å². The maximum atomic E-state index is 11.8. The summed E-state index contributed by atoms with van der Waals surface area (Å²) in [5, 5.41) is 0. The van der Waals surface area contributed by atoms with E-state index in [-0.39, 0.29) is 5.44 Å². The summed E-state index contributed by atoms with van der Waals surface area (Å²) < 4.78 is 21.3. The molecule has 5 nitrogen and oxygen atoms in total. The molecule has 0 aliphatic rings. The quantitative estimate of drug-likeness (QED) is 0.733. The first-order valence-corrected chi connectivity index (χ1v) is 5.11. The van der Waals surface area contributed by atoms with Gasteiger partial charge in [0.2, 0.25) is 0 Å². The summed E-state index contributed by atoms with van der Waals surface area (Å²) in [7, 11) is -0.727. The van der Waals surface area contributed by atoms with Crippen molar-refractivity contribution in [3.05, 3.63) is 18.3 Å². The van der Waals surface area contributed by atoms with Crippen molar-refractivity contribution in [2.24, 2.45) is 0 Å². The molecule has 6 heteroatoms. The molecule has 2 N–H and O–H groups in total. The van der Waals surface area contributed by atoms with Crippen LogP contribution in [0.25, 0.3) is 0 Å². The van der Waals surface area contributed by atoms with Crippen molar-refractivity contribution < 1.29 is 13.6 Å². The molecule has 1 aromatic heterocycles. The monoisotopic (exact) mass is 202 g/mol. The molecule has 72 valence electrons. The first-order valence-electron chi connectivity index (χ1n) is 3.56. The summed E-state index contributed by atoms with van der Waals surface area (Å²) in [6.07, 6.45) is 1.48. The van der Waals surface area contributed by atoms with Crippen LogP contribution in [0.5, 0.6) is 0 Å². The molecule has 0 amide bonds. The molecule has 0 aliphatic heterocycles. The molecular formula is C7H11N2O3P. The molecule has 0 unspecified atom stereocenters. The van der Waals surface area contributed by atoms with Gasteiger partial charge in [-0.2, -0.15) is 0 Å². The Bertz CT molecular complexity index is 334. The van der Waals surface area contributed by atoms with Crippen molar-refractivity contribution >= 4 is 18.7 Å². The minimum Gasteiger partial charge on any atom is -0.397 e. The maximum absolute atomic E-state index is 11.8. The number of hydrogen-bond acceptors (Lipinski definition) is 5. The Morgan fingerprint density at radius 1 is 1.46 bits per heavy atom. The Kier molecular flexibility index (Phi) is 3.03. The lowest BCUT2D eigenvalue weighted by Gasteiger charge is -2.13. The average molecular weight is 202 g/mol. The minimum absolute atomic E-state index is 0.153. The van der Waals surface area contributed by atoms with E-state index in [1.807, 2.05) is 0 Å². The fourth-order valence-electron chi connectivity index (χ4n) is 0.886. The third-order valence-corrected chi connectivity index (χ3v) is 3.41. The minimum atomic E-state index is -3.31. The van der Waals surface area contributed by atoms with Gasteiger partial charge in [0.15, 0.2) is 5.44 Å². The summed E-state index contributed by atoms with van der Waals surface area (Å²) in [6.45, 7) is 0. The first-order chi connectivity index (χ1) is 6.14. The highest BCUT2D eigenvalue weighted by Gasteiger charge is 2.28. The molecule has 0 saturated heterocycles. The third-order valence-electron chi connectivity index (χ3n) is 1.56. The van der Waals surface area contributed by atoms with Gasteiger partial charge in [0.25, 0.3) is 0 Å². The zero-order valence-corrected chi connectivity index (χ0v) is 8.32. The summed E-state index contributed by atoms with van der Waals surface area (Å²) in [4.78, 5) is 3.85. The molecular weight excluding hydrogens is 191 g/mol. The van der Waals surface area contributed by atoms with Crippen molar-refractivity contribution in [2.75, 3.05) is 20.0 Å². The molecule has 1 rings (SSSR count). The molecule has 0 aliphatic carbocycles. The highest BCUT2D eigenvalue weighted by Crippen LogP contribution is 2.45. The van der Waals surface area contributed by atoms with Gasteiger partial charge in [0, 0.05) is 20.4 Å². The van der Waals surface area contributed by atoms with E-state index in [9.17, 15) is 4.57 Å². The van der Waals surface area contributed by atoms with Crippen LogP contribution in [-0.2, 0) is 13.6 Å². The number of rotatable bonds is 3. The van der Waals surface area contributed by atoms with Crippen LogP contribution in [0.3, 0.4) is 0 Å². The Morgan fingerprint density at radius 2 is 2.08 bits per heavy atom. The van der Waals surface area contributed by atoms with E-state index >= 15 is 0 Å². The molecule has 0 bridgehead atoms. The zero-order valence-electron chi connectivity index (χ0n) is 7.43. The molecule has 0 spiro atoms. The van der Waals surface area contributed by atoms with Gasteiger partial charge in [-0.05, 0) is 12.1 Å². The van der Waals surface area contributed by atoms with Crippen LogP contribution in [0.2, 0.25) is 0 Å². The van der Waals surface area contributed by atoms with Crippen molar-refractivity contribution in [3.8, 4) is 0 Å². The number of aromatic nitrogens is 1. The first kappa shape index (κ1) is 10.2. The van der Waals surface area contributed by atoms with E-state index in [0.29, 0.717) is 5.69 Å². The number of hydrogen-bond donors (Lipinski definition) is 1. The van der Waals surface area contributed by atoms with Gasteiger partial charge >= 0.3 is 7.60 Å². The molecule has 1 heterocycles. The molecule has 0 saturated carbocycles. The summed E-state index contributed by atoms with van der Waals surface area (Å²) in [5.74, 6) is 0. The molecule has 0 atom stereocenters. The highest BCUT2D eigenvalue weighted by atomic mass is 31.2. The number of nitrogens with two attached hydrogens (primary N) is 1. The van der Waals surface area contributed by atoms with Crippen LogP contribution in [0.4, 0.5) is 5.69 Å². The Balaban J connectivity index is 3.20. The molecule has 0 aromatic carbocycles. The van der Waals surface area contributed by atoms with E-state index in [1.54, 1.807) is 12.1 Å². The molecule has 13 heavy (non-hydrogen) atoms. The van der Waals surface area contributed by atoms with Gasteiger partial charge in [-0.25, -0.2) is 4.98 Å². The van der Waals surface area contributed by atoms with Crippen molar-refractivity contribution in [2.45, 2.75) is 0 Å². The van der Waals surface area contributed by atoms with E-state index in [0.717, 1.165) is 0 Å². The molecule has 1 aromatic rings. The zero-order chi connectivity index (χ0) is 9.90. The van der Waals surface area contributed by atoms with E-state index in [4.69, 9.17) is 14.8 Å². The Hall–Kier alpha value is -0.900. The lowest BCUT2D eigenvalue weighted by atomic mass is 10.4. The summed E-state index contributed by atoms with van der Waals surface area (Å²) in [6, 6.07) is 3.24. The largest absolute Gasteiger partial charge is 0.397 e. The SMILES string of the molecule is COP(=O)(OC)c1ncccc1N. The fourth-order valence-corrected chi connectivity index (χ4v) is 1.98. The van der Waals surface area contributed by atoms with Crippen LogP contribution < -0.4 is 11.2 Å². The van der Waals surface area contributed by atoms with Gasteiger partial charge in [-0.1, -0.05) is 0 Å². The number of anilines is 1. The number of pyridine rings is 1. The lowest BCUT2D eigenvalue weighted by molar-refractivity contribution is 0.286. The van der Waals surface area contributed by atoms with E-state index in [2.05, 4.69) is 4.98 Å². The van der Waals surface area contributed by atoms with Crippen LogP contribution >= 0.6 is 7.60 Å². The lowest BCUT2D eigenvalue weighted by Crippen LogP contribution is -2.16. The Labute approximate surface area is 76.4 Å². The highest BCUT2D eigenvalue weighted by molar-refractivity contribution is 7.62. The van der Waals surface area contributed by atoms with Gasteiger partial charge < -0.3 is 14.8 Å².